The summed E-state index contributed by atoms with van der Waals surface area (Å²) in [6, 6.07) is 0.229. The largest absolute Gasteiger partial charge is 0.375 e. The van der Waals surface area contributed by atoms with Crippen LogP contribution in [0.15, 0.2) is 0 Å². The number of carbonyl (C=O) groups excluding carboxylic acids is 1. The minimum Gasteiger partial charge on any atom is -0.375 e. The van der Waals surface area contributed by atoms with Gasteiger partial charge in [-0.1, -0.05) is 6.92 Å². The van der Waals surface area contributed by atoms with Crippen molar-refractivity contribution in [2.45, 2.75) is 44.3 Å². The number of likely N-dealkylation sites (N-methyl/N-ethyl adjacent to an activating group) is 1. The number of hydrogen-bond donors (Lipinski definition) is 0. The van der Waals surface area contributed by atoms with E-state index in [1.54, 1.807) is 4.90 Å². The van der Waals surface area contributed by atoms with E-state index in [9.17, 15) is 13.6 Å². The van der Waals surface area contributed by atoms with Crippen molar-refractivity contribution >= 4 is 5.91 Å². The first-order valence-corrected chi connectivity index (χ1v) is 7.52. The molecule has 2 atom stereocenters. The summed E-state index contributed by atoms with van der Waals surface area (Å²) in [6.07, 6.45) is 0.459. The first kappa shape index (κ1) is 14.2. The Labute approximate surface area is 118 Å². The molecule has 0 aromatic carbocycles. The molecule has 0 aromatic heterocycles. The van der Waals surface area contributed by atoms with Crippen LogP contribution in [0.1, 0.15) is 26.2 Å². The second kappa shape index (κ2) is 5.22. The highest BCUT2D eigenvalue weighted by molar-refractivity contribution is 5.80. The lowest BCUT2D eigenvalue weighted by Crippen LogP contribution is -2.62. The maximum absolute atomic E-state index is 12.9. The summed E-state index contributed by atoms with van der Waals surface area (Å²) in [5, 5.41) is 0. The van der Waals surface area contributed by atoms with Gasteiger partial charge in [-0.3, -0.25) is 9.69 Å². The third-order valence-electron chi connectivity index (χ3n) is 4.86. The molecule has 20 heavy (non-hydrogen) atoms. The summed E-state index contributed by atoms with van der Waals surface area (Å²) in [5.74, 6) is -3.18. The highest BCUT2D eigenvalue weighted by atomic mass is 19.3. The fraction of sp³-hybridized carbons (Fsp3) is 0.929. The van der Waals surface area contributed by atoms with Crippen LogP contribution < -0.4 is 0 Å². The van der Waals surface area contributed by atoms with E-state index < -0.39 is 11.8 Å². The first-order chi connectivity index (χ1) is 9.50. The molecule has 2 saturated heterocycles. The van der Waals surface area contributed by atoms with Crippen molar-refractivity contribution < 1.29 is 18.3 Å². The van der Waals surface area contributed by atoms with Crippen LogP contribution in [0.2, 0.25) is 0 Å². The van der Waals surface area contributed by atoms with E-state index in [0.29, 0.717) is 13.1 Å². The summed E-state index contributed by atoms with van der Waals surface area (Å²) in [5.41, 5.74) is 0. The molecule has 0 spiro atoms. The molecule has 0 bridgehead atoms. The third-order valence-corrected chi connectivity index (χ3v) is 4.86. The quantitative estimate of drug-likeness (QED) is 0.769. The highest BCUT2D eigenvalue weighted by Crippen LogP contribution is 2.43. The minimum absolute atomic E-state index is 0.0870. The molecule has 1 aliphatic carbocycles. The number of rotatable bonds is 2. The van der Waals surface area contributed by atoms with Crippen LogP contribution in [0.25, 0.3) is 0 Å². The Balaban J connectivity index is 1.60. The average molecular weight is 288 g/mol. The SMILES string of the molecule is CCN1CCO[C@H]2CCN(C(=O)C3CC(F)(F)C3)C[C@@H]21. The van der Waals surface area contributed by atoms with Gasteiger partial charge in [-0.05, 0) is 13.0 Å². The van der Waals surface area contributed by atoms with Crippen LogP contribution in [0.4, 0.5) is 8.78 Å². The van der Waals surface area contributed by atoms with E-state index in [1.165, 1.54) is 0 Å². The number of alkyl halides is 2. The van der Waals surface area contributed by atoms with E-state index in [-0.39, 0.29) is 30.9 Å². The van der Waals surface area contributed by atoms with E-state index in [2.05, 4.69) is 11.8 Å². The summed E-state index contributed by atoms with van der Waals surface area (Å²) < 4.78 is 31.6. The van der Waals surface area contributed by atoms with Crippen molar-refractivity contribution in [2.75, 3.05) is 32.8 Å². The van der Waals surface area contributed by atoms with Crippen molar-refractivity contribution in [3.63, 3.8) is 0 Å². The van der Waals surface area contributed by atoms with Gasteiger partial charge in [-0.25, -0.2) is 8.78 Å². The predicted molar refractivity (Wildman–Crippen MR) is 69.6 cm³/mol. The molecule has 114 valence electrons. The second-order valence-electron chi connectivity index (χ2n) is 6.14. The fourth-order valence-electron chi connectivity index (χ4n) is 3.63. The van der Waals surface area contributed by atoms with Crippen LogP contribution >= 0.6 is 0 Å². The Morgan fingerprint density at radius 1 is 1.35 bits per heavy atom. The number of amides is 1. The number of likely N-dealkylation sites (tertiary alicyclic amines) is 1. The predicted octanol–water partition coefficient (Wildman–Crippen LogP) is 1.35. The number of nitrogens with zero attached hydrogens (tertiary/aromatic N) is 2. The van der Waals surface area contributed by atoms with E-state index in [4.69, 9.17) is 4.74 Å². The Morgan fingerprint density at radius 3 is 2.75 bits per heavy atom. The van der Waals surface area contributed by atoms with Crippen LogP contribution in [0.5, 0.6) is 0 Å². The summed E-state index contributed by atoms with van der Waals surface area (Å²) in [4.78, 5) is 16.4. The third kappa shape index (κ3) is 2.55. The zero-order chi connectivity index (χ0) is 14.3. The lowest BCUT2D eigenvalue weighted by Gasteiger charge is -2.48. The highest BCUT2D eigenvalue weighted by Gasteiger charge is 2.50. The molecular formula is C14H22F2N2O2. The Bertz CT molecular complexity index is 377. The number of morpholine rings is 1. The van der Waals surface area contributed by atoms with Gasteiger partial charge >= 0.3 is 0 Å². The van der Waals surface area contributed by atoms with Gasteiger partial charge in [0.05, 0.1) is 18.8 Å². The number of fused-ring (bicyclic) bond motifs is 1. The molecule has 3 fully saturated rings. The first-order valence-electron chi connectivity index (χ1n) is 7.52. The van der Waals surface area contributed by atoms with Gasteiger partial charge in [0, 0.05) is 38.4 Å². The summed E-state index contributed by atoms with van der Waals surface area (Å²) in [7, 11) is 0. The van der Waals surface area contributed by atoms with Crippen molar-refractivity contribution in [2.24, 2.45) is 5.92 Å². The average Bonchev–Trinajstić information content (AvgIpc) is 2.42. The number of carbonyl (C=O) groups is 1. The summed E-state index contributed by atoms with van der Waals surface area (Å²) >= 11 is 0. The summed E-state index contributed by atoms with van der Waals surface area (Å²) in [6.45, 7) is 5.95. The number of halogens is 2. The molecule has 3 rings (SSSR count). The number of hydrogen-bond acceptors (Lipinski definition) is 3. The van der Waals surface area contributed by atoms with E-state index in [1.807, 2.05) is 0 Å². The van der Waals surface area contributed by atoms with Crippen LogP contribution in [0, 0.1) is 5.92 Å². The minimum atomic E-state index is -2.62. The lowest BCUT2D eigenvalue weighted by molar-refractivity contribution is -0.167. The molecule has 0 unspecified atom stereocenters. The molecule has 6 heteroatoms. The molecule has 0 N–H and O–H groups in total. The van der Waals surface area contributed by atoms with Crippen molar-refractivity contribution in [3.8, 4) is 0 Å². The van der Waals surface area contributed by atoms with Gasteiger partial charge < -0.3 is 9.64 Å². The molecule has 1 amide bonds. The zero-order valence-corrected chi connectivity index (χ0v) is 11.9. The molecule has 2 aliphatic heterocycles. The molecular weight excluding hydrogens is 266 g/mol. The van der Waals surface area contributed by atoms with E-state index in [0.717, 1.165) is 26.1 Å². The normalized spacial score (nSPS) is 34.5. The number of piperidine rings is 1. The van der Waals surface area contributed by atoms with E-state index >= 15 is 0 Å². The topological polar surface area (TPSA) is 32.8 Å². The molecule has 0 radical (unpaired) electrons. The van der Waals surface area contributed by atoms with Crippen LogP contribution in [-0.4, -0.2) is 66.6 Å². The smallest absolute Gasteiger partial charge is 0.249 e. The molecule has 2 heterocycles. The fourth-order valence-corrected chi connectivity index (χ4v) is 3.63. The zero-order valence-electron chi connectivity index (χ0n) is 11.9. The molecule has 4 nitrogen and oxygen atoms in total. The Morgan fingerprint density at radius 2 is 2.10 bits per heavy atom. The monoisotopic (exact) mass is 288 g/mol. The van der Waals surface area contributed by atoms with Crippen LogP contribution in [-0.2, 0) is 9.53 Å². The van der Waals surface area contributed by atoms with Crippen molar-refractivity contribution in [1.29, 1.82) is 0 Å². The van der Waals surface area contributed by atoms with Gasteiger partial charge in [0.25, 0.3) is 0 Å². The van der Waals surface area contributed by atoms with Gasteiger partial charge in [0.1, 0.15) is 0 Å². The Hall–Kier alpha value is -0.750. The maximum Gasteiger partial charge on any atom is 0.249 e. The maximum atomic E-state index is 12.9. The molecule has 0 aromatic rings. The van der Waals surface area contributed by atoms with Gasteiger partial charge in [0.2, 0.25) is 11.8 Å². The van der Waals surface area contributed by atoms with Gasteiger partial charge in [0.15, 0.2) is 0 Å². The van der Waals surface area contributed by atoms with Gasteiger partial charge in [-0.15, -0.1) is 0 Å². The Kier molecular flexibility index (Phi) is 3.71. The standard InChI is InChI=1S/C14H22F2N2O2/c1-2-17-5-6-20-12-3-4-18(9-11(12)17)13(19)10-7-14(15,16)8-10/h10-12H,2-9H2,1H3/t11-,12-/m0/s1. The van der Waals surface area contributed by atoms with Crippen molar-refractivity contribution in [3.05, 3.63) is 0 Å². The van der Waals surface area contributed by atoms with Gasteiger partial charge in [-0.2, -0.15) is 0 Å². The molecule has 3 aliphatic rings. The number of ether oxygens (including phenoxy) is 1. The van der Waals surface area contributed by atoms with Crippen LogP contribution in [0.3, 0.4) is 0 Å². The second-order valence-corrected chi connectivity index (χ2v) is 6.14. The van der Waals surface area contributed by atoms with Crippen molar-refractivity contribution in [1.82, 2.24) is 9.80 Å². The molecule has 1 saturated carbocycles. The lowest BCUT2D eigenvalue weighted by atomic mass is 9.80.